The van der Waals surface area contributed by atoms with Crippen LogP contribution in [-0.4, -0.2) is 37.2 Å². The van der Waals surface area contributed by atoms with E-state index in [0.717, 1.165) is 11.4 Å². The first kappa shape index (κ1) is 21.2. The molecular weight excluding hydrogens is 347 g/mol. The van der Waals surface area contributed by atoms with Gasteiger partial charge in [0.2, 0.25) is 0 Å². The fourth-order valence-electron chi connectivity index (χ4n) is 1.30. The molecule has 1 aliphatic heterocycles. The van der Waals surface area contributed by atoms with Crippen LogP contribution in [0.2, 0.25) is 0 Å². The SMILES string of the molecule is Cc1ccc(S(=O)(=O)[N-]Cl)cc1.O=C(O)C1CSCN1.[Na+]. The molecule has 1 heterocycles. The number of carboxylic acid groups (broad SMARTS) is 1. The number of rotatable bonds is 3. The molecule has 112 valence electrons. The van der Waals surface area contributed by atoms with Gasteiger partial charge in [-0.25, -0.2) is 8.42 Å². The number of hydrogen-bond acceptors (Lipinski definition) is 5. The predicted octanol–water partition coefficient (Wildman–Crippen LogP) is -1.05. The molecule has 1 aromatic carbocycles. The summed E-state index contributed by atoms with van der Waals surface area (Å²) in [4.78, 5) is 10.2. The molecule has 0 bridgehead atoms. The third kappa shape index (κ3) is 7.34. The molecule has 2 rings (SSSR count). The van der Waals surface area contributed by atoms with Gasteiger partial charge in [0.1, 0.15) is 16.1 Å². The van der Waals surface area contributed by atoms with Crippen LogP contribution in [-0.2, 0) is 14.8 Å². The summed E-state index contributed by atoms with van der Waals surface area (Å²) in [6.45, 7) is 1.87. The van der Waals surface area contributed by atoms with Gasteiger partial charge in [0.15, 0.2) is 0 Å². The third-order valence-corrected chi connectivity index (χ3v) is 4.96. The topological polar surface area (TPSA) is 97.6 Å². The van der Waals surface area contributed by atoms with Gasteiger partial charge in [-0.3, -0.25) is 21.9 Å². The van der Waals surface area contributed by atoms with E-state index in [1.807, 2.05) is 6.92 Å². The maximum atomic E-state index is 11.0. The molecule has 21 heavy (non-hydrogen) atoms. The summed E-state index contributed by atoms with van der Waals surface area (Å²) in [7, 11) is -3.62. The Balaban J connectivity index is 0.000000390. The van der Waals surface area contributed by atoms with Crippen LogP contribution in [0.5, 0.6) is 0 Å². The van der Waals surface area contributed by atoms with E-state index in [1.165, 1.54) is 12.1 Å². The van der Waals surface area contributed by atoms with Crippen molar-refractivity contribution in [1.82, 2.24) is 5.32 Å². The van der Waals surface area contributed by atoms with Gasteiger partial charge < -0.3 is 9.35 Å². The second-order valence-corrected chi connectivity index (χ2v) is 6.97. The number of aliphatic carboxylic acids is 1. The van der Waals surface area contributed by atoms with Crippen LogP contribution in [0.1, 0.15) is 5.56 Å². The van der Waals surface area contributed by atoms with Crippen LogP contribution in [0.4, 0.5) is 0 Å². The Kier molecular flexibility index (Phi) is 10.2. The van der Waals surface area contributed by atoms with Crippen molar-refractivity contribution in [3.8, 4) is 0 Å². The predicted molar refractivity (Wildman–Crippen MR) is 79.5 cm³/mol. The molecule has 0 radical (unpaired) electrons. The van der Waals surface area contributed by atoms with Crippen LogP contribution in [0.15, 0.2) is 29.2 Å². The molecule has 1 atom stereocenters. The van der Waals surface area contributed by atoms with Gasteiger partial charge >= 0.3 is 35.5 Å². The first-order chi connectivity index (χ1) is 9.36. The van der Waals surface area contributed by atoms with Gasteiger partial charge in [-0.2, -0.15) is 0 Å². The van der Waals surface area contributed by atoms with Crippen LogP contribution in [0, 0.1) is 6.92 Å². The van der Waals surface area contributed by atoms with E-state index in [0.29, 0.717) is 5.75 Å². The third-order valence-electron chi connectivity index (χ3n) is 2.42. The van der Waals surface area contributed by atoms with Gasteiger partial charge in [-0.15, -0.1) is 11.8 Å². The van der Waals surface area contributed by atoms with Crippen molar-refractivity contribution in [3.63, 3.8) is 0 Å². The fraction of sp³-hybridized carbons (Fsp3) is 0.364. The molecule has 1 aliphatic rings. The summed E-state index contributed by atoms with van der Waals surface area (Å²) in [6, 6.07) is 6.01. The number of hydrogen-bond donors (Lipinski definition) is 2. The summed E-state index contributed by atoms with van der Waals surface area (Å²) < 4.78 is 24.8. The van der Waals surface area contributed by atoms with Crippen molar-refractivity contribution in [2.75, 3.05) is 11.6 Å². The molecule has 1 unspecified atom stereocenters. The quantitative estimate of drug-likeness (QED) is 0.667. The first-order valence-corrected chi connectivity index (χ1v) is 8.49. The van der Waals surface area contributed by atoms with E-state index < -0.39 is 16.0 Å². The molecule has 2 N–H and O–H groups in total. The fourth-order valence-corrected chi connectivity index (χ4v) is 3.04. The monoisotopic (exact) mass is 360 g/mol. The maximum Gasteiger partial charge on any atom is 1.00 e. The molecule has 6 nitrogen and oxygen atoms in total. The molecular formula is C11H14ClN2NaO4S2. The number of carbonyl (C=O) groups is 1. The Morgan fingerprint density at radius 3 is 2.33 bits per heavy atom. The van der Waals surface area contributed by atoms with Crippen molar-refractivity contribution in [2.45, 2.75) is 17.9 Å². The number of aryl methyl sites for hydroxylation is 1. The van der Waals surface area contributed by atoms with E-state index in [2.05, 4.69) is 9.56 Å². The second kappa shape index (κ2) is 10.1. The zero-order valence-electron chi connectivity index (χ0n) is 11.6. The van der Waals surface area contributed by atoms with Crippen molar-refractivity contribution in [1.29, 1.82) is 0 Å². The Labute approximate surface area is 155 Å². The Hall–Kier alpha value is 0.200. The van der Waals surface area contributed by atoms with Gasteiger partial charge in [0.05, 0.1) is 0 Å². The summed E-state index contributed by atoms with van der Waals surface area (Å²) in [5, 5.41) is 11.2. The van der Waals surface area contributed by atoms with Gasteiger partial charge in [-0.1, -0.05) is 17.7 Å². The average Bonchev–Trinajstić information content (AvgIpc) is 2.94. The van der Waals surface area contributed by atoms with Gasteiger partial charge in [0.25, 0.3) is 0 Å². The number of benzene rings is 1. The zero-order chi connectivity index (χ0) is 15.2. The number of thioether (sulfide) groups is 1. The average molecular weight is 361 g/mol. The van der Waals surface area contributed by atoms with E-state index in [-0.39, 0.29) is 40.5 Å². The van der Waals surface area contributed by atoms with Crippen LogP contribution in [0.25, 0.3) is 4.24 Å². The molecule has 1 saturated heterocycles. The summed E-state index contributed by atoms with van der Waals surface area (Å²) in [5.74, 6) is 0.738. The number of nitrogens with one attached hydrogen (secondary N) is 1. The minimum atomic E-state index is -3.62. The van der Waals surface area contributed by atoms with Gasteiger partial charge in [0, 0.05) is 16.5 Å². The molecule has 1 aromatic rings. The summed E-state index contributed by atoms with van der Waals surface area (Å²) >= 11 is 6.52. The van der Waals surface area contributed by atoms with E-state index in [4.69, 9.17) is 16.9 Å². The largest absolute Gasteiger partial charge is 1.00 e. The van der Waals surface area contributed by atoms with Crippen LogP contribution >= 0.6 is 23.5 Å². The number of carboxylic acids is 1. The molecule has 0 saturated carbocycles. The number of sulfonamides is 1. The van der Waals surface area contributed by atoms with Crippen LogP contribution in [0.3, 0.4) is 0 Å². The summed E-state index contributed by atoms with van der Waals surface area (Å²) in [5.41, 5.74) is 0.989. The Bertz CT molecular complexity index is 548. The number of nitrogens with zero attached hydrogens (tertiary/aromatic N) is 1. The van der Waals surface area contributed by atoms with Crippen LogP contribution < -0.4 is 34.9 Å². The maximum absolute atomic E-state index is 11.0. The van der Waals surface area contributed by atoms with Gasteiger partial charge in [-0.05, 0) is 19.1 Å². The van der Waals surface area contributed by atoms with E-state index in [9.17, 15) is 13.2 Å². The first-order valence-electron chi connectivity index (χ1n) is 5.55. The Morgan fingerprint density at radius 1 is 1.43 bits per heavy atom. The van der Waals surface area contributed by atoms with E-state index >= 15 is 0 Å². The zero-order valence-corrected chi connectivity index (χ0v) is 16.0. The molecule has 1 fully saturated rings. The van der Waals surface area contributed by atoms with Crippen molar-refractivity contribution >= 4 is 39.5 Å². The van der Waals surface area contributed by atoms with Crippen molar-refractivity contribution in [2.24, 2.45) is 0 Å². The molecule has 0 amide bonds. The minimum absolute atomic E-state index is 0. The Morgan fingerprint density at radius 2 is 2.00 bits per heavy atom. The summed E-state index contributed by atoms with van der Waals surface area (Å²) in [6.07, 6.45) is 0. The molecule has 0 spiro atoms. The van der Waals surface area contributed by atoms with Crippen molar-refractivity contribution < 1.29 is 47.9 Å². The molecule has 0 aliphatic carbocycles. The standard InChI is InChI=1S/C7H7ClNO2S.C4H7NO2S.Na/c1-6-2-4-7(5-3-6)12(10,11)9-8;6-4(7)3-1-8-2-5-3;/h2-5H,1H3;3,5H,1-2H2,(H,6,7);/q-1;;+1. The van der Waals surface area contributed by atoms with E-state index in [1.54, 1.807) is 23.9 Å². The normalized spacial score (nSPS) is 17.3. The van der Waals surface area contributed by atoms with Crippen molar-refractivity contribution in [3.05, 3.63) is 34.1 Å². The molecule has 0 aromatic heterocycles. The smallest absolute Gasteiger partial charge is 0.480 e. The molecule has 10 heteroatoms. The number of halogens is 1. The second-order valence-electron chi connectivity index (χ2n) is 3.97. The minimum Gasteiger partial charge on any atom is -0.480 e.